The van der Waals surface area contributed by atoms with Crippen molar-refractivity contribution in [3.05, 3.63) is 75.4 Å². The molecule has 5 rings (SSSR count). The Balaban J connectivity index is 1.36. The summed E-state index contributed by atoms with van der Waals surface area (Å²) in [6.45, 7) is 2.47. The Hall–Kier alpha value is -3.68. The number of para-hydroxylation sites is 2. The number of rotatable bonds is 6. The number of benzene rings is 2. The molecule has 3 aromatic rings. The van der Waals surface area contributed by atoms with Crippen LogP contribution >= 0.6 is 0 Å². The second-order valence-corrected chi connectivity index (χ2v) is 9.31. The lowest BCUT2D eigenvalue weighted by atomic mass is 10.1. The fourth-order valence-corrected chi connectivity index (χ4v) is 5.34. The molecule has 2 saturated heterocycles. The van der Waals surface area contributed by atoms with Gasteiger partial charge in [-0.2, -0.15) is 0 Å². The molecule has 1 atom stereocenters. The number of aromatic nitrogens is 2. The van der Waals surface area contributed by atoms with Crippen LogP contribution in [0.25, 0.3) is 16.6 Å². The van der Waals surface area contributed by atoms with Crippen molar-refractivity contribution in [1.82, 2.24) is 18.9 Å². The van der Waals surface area contributed by atoms with E-state index < -0.39 is 5.69 Å². The molecular weight excluding hydrogens is 444 g/mol. The molecule has 0 radical (unpaired) electrons. The molecule has 35 heavy (non-hydrogen) atoms. The molecule has 2 aromatic carbocycles. The molecule has 0 bridgehead atoms. The van der Waals surface area contributed by atoms with Gasteiger partial charge in [0.25, 0.3) is 5.56 Å². The number of carbonyl (C=O) groups is 2. The minimum atomic E-state index is -0.421. The fraction of sp³-hybridized carbons (Fsp3) is 0.407. The van der Waals surface area contributed by atoms with Crippen LogP contribution in [-0.4, -0.2) is 56.4 Å². The molecule has 0 N–H and O–H groups in total. The zero-order valence-corrected chi connectivity index (χ0v) is 19.8. The highest BCUT2D eigenvalue weighted by Crippen LogP contribution is 2.23. The normalized spacial score (nSPS) is 17.9. The number of hydrogen-bond acceptors (Lipinski definition) is 4. The minimum Gasteiger partial charge on any atom is -0.341 e. The van der Waals surface area contributed by atoms with Gasteiger partial charge in [-0.1, -0.05) is 30.3 Å². The van der Waals surface area contributed by atoms with Crippen LogP contribution in [0.5, 0.6) is 0 Å². The van der Waals surface area contributed by atoms with Crippen LogP contribution in [-0.2, 0) is 16.1 Å². The second-order valence-electron chi connectivity index (χ2n) is 9.31. The molecule has 1 aromatic heterocycles. The summed E-state index contributed by atoms with van der Waals surface area (Å²) < 4.78 is 2.77. The Labute approximate surface area is 203 Å². The summed E-state index contributed by atoms with van der Waals surface area (Å²) in [5, 5.41) is 0.457. The Morgan fingerprint density at radius 3 is 2.34 bits per heavy atom. The van der Waals surface area contributed by atoms with Gasteiger partial charge in [0.05, 0.1) is 16.6 Å². The molecule has 2 aliphatic heterocycles. The monoisotopic (exact) mass is 474 g/mol. The summed E-state index contributed by atoms with van der Waals surface area (Å²) in [5.41, 5.74) is 0.295. The summed E-state index contributed by atoms with van der Waals surface area (Å²) in [5.74, 6) is 0.0271. The van der Waals surface area contributed by atoms with Gasteiger partial charge in [0, 0.05) is 32.6 Å². The molecule has 2 amide bonds. The summed E-state index contributed by atoms with van der Waals surface area (Å²) in [4.78, 5) is 56.1. The first-order chi connectivity index (χ1) is 17.1. The van der Waals surface area contributed by atoms with E-state index in [9.17, 15) is 19.2 Å². The third-order valence-corrected chi connectivity index (χ3v) is 7.11. The van der Waals surface area contributed by atoms with Gasteiger partial charge < -0.3 is 9.80 Å². The quantitative estimate of drug-likeness (QED) is 0.550. The maximum absolute atomic E-state index is 13.4. The first-order valence-electron chi connectivity index (χ1n) is 12.4. The van der Waals surface area contributed by atoms with Gasteiger partial charge in [-0.05, 0) is 56.4 Å². The van der Waals surface area contributed by atoms with Crippen molar-refractivity contribution in [2.24, 2.45) is 0 Å². The van der Waals surface area contributed by atoms with Crippen LogP contribution in [0.3, 0.4) is 0 Å². The number of hydrogen-bond donors (Lipinski definition) is 0. The van der Waals surface area contributed by atoms with Crippen LogP contribution < -0.4 is 11.2 Å². The standard InChI is InChI=1S/C27H30N4O4/c32-24(29-18-8-14-23(29)26(34)28-16-6-7-17-28)15-9-19-30-22-13-5-4-12-21(22)25(33)31(27(30)35)20-10-2-1-3-11-20/h1-5,10-13,23H,6-9,14-19H2/t23-/m0/s1. The number of nitrogens with zero attached hydrogens (tertiary/aromatic N) is 4. The molecule has 0 aliphatic carbocycles. The average Bonchev–Trinajstić information content (AvgIpc) is 3.59. The van der Waals surface area contributed by atoms with E-state index in [-0.39, 0.29) is 29.8 Å². The van der Waals surface area contributed by atoms with Crippen molar-refractivity contribution in [1.29, 1.82) is 0 Å². The average molecular weight is 475 g/mol. The van der Waals surface area contributed by atoms with Crippen molar-refractivity contribution in [3.8, 4) is 5.69 Å². The topological polar surface area (TPSA) is 84.6 Å². The van der Waals surface area contributed by atoms with Crippen molar-refractivity contribution in [2.45, 2.75) is 51.1 Å². The highest BCUT2D eigenvalue weighted by molar-refractivity contribution is 5.88. The largest absolute Gasteiger partial charge is 0.341 e. The first kappa shape index (κ1) is 23.1. The van der Waals surface area contributed by atoms with E-state index in [1.807, 2.05) is 11.0 Å². The van der Waals surface area contributed by atoms with Gasteiger partial charge >= 0.3 is 5.69 Å². The van der Waals surface area contributed by atoms with Gasteiger partial charge in [-0.15, -0.1) is 0 Å². The van der Waals surface area contributed by atoms with Crippen molar-refractivity contribution in [3.63, 3.8) is 0 Å². The molecule has 2 aliphatic rings. The summed E-state index contributed by atoms with van der Waals surface area (Å²) in [6, 6.07) is 15.6. The zero-order chi connectivity index (χ0) is 24.4. The van der Waals surface area contributed by atoms with Crippen molar-refractivity contribution in [2.75, 3.05) is 19.6 Å². The Kier molecular flexibility index (Phi) is 6.53. The number of carbonyl (C=O) groups excluding carboxylic acids is 2. The van der Waals surface area contributed by atoms with Gasteiger partial charge in [0.15, 0.2) is 0 Å². The second kappa shape index (κ2) is 9.90. The summed E-state index contributed by atoms with van der Waals surface area (Å²) in [6.07, 6.45) is 4.29. The van der Waals surface area contributed by atoms with Gasteiger partial charge in [-0.3, -0.25) is 19.0 Å². The molecular formula is C27H30N4O4. The van der Waals surface area contributed by atoms with E-state index in [4.69, 9.17) is 0 Å². The lowest BCUT2D eigenvalue weighted by molar-refractivity contribution is -0.143. The molecule has 8 heteroatoms. The lowest BCUT2D eigenvalue weighted by Crippen LogP contribution is -2.47. The predicted molar refractivity (Wildman–Crippen MR) is 134 cm³/mol. The Morgan fingerprint density at radius 2 is 1.57 bits per heavy atom. The number of fused-ring (bicyclic) bond motifs is 1. The van der Waals surface area contributed by atoms with Crippen LogP contribution in [0.4, 0.5) is 0 Å². The number of likely N-dealkylation sites (tertiary alicyclic amines) is 2. The van der Waals surface area contributed by atoms with Crippen LogP contribution in [0, 0.1) is 0 Å². The SMILES string of the molecule is O=C([C@@H]1CCCN1C(=O)CCCn1c(=O)n(-c2ccccc2)c(=O)c2ccccc21)N1CCCC1. The zero-order valence-electron chi connectivity index (χ0n) is 19.8. The molecule has 0 spiro atoms. The van der Waals surface area contributed by atoms with Crippen LogP contribution in [0.1, 0.15) is 38.5 Å². The van der Waals surface area contributed by atoms with Gasteiger partial charge in [0.2, 0.25) is 11.8 Å². The highest BCUT2D eigenvalue weighted by atomic mass is 16.2. The molecule has 2 fully saturated rings. The van der Waals surface area contributed by atoms with E-state index in [2.05, 4.69) is 0 Å². The Bertz CT molecular complexity index is 1360. The minimum absolute atomic E-state index is 0.0474. The highest BCUT2D eigenvalue weighted by Gasteiger charge is 2.36. The van der Waals surface area contributed by atoms with Gasteiger partial charge in [-0.25, -0.2) is 9.36 Å². The van der Waals surface area contributed by atoms with E-state index in [0.29, 0.717) is 42.5 Å². The van der Waals surface area contributed by atoms with E-state index >= 15 is 0 Å². The van der Waals surface area contributed by atoms with Gasteiger partial charge in [0.1, 0.15) is 6.04 Å². The summed E-state index contributed by atoms with van der Waals surface area (Å²) >= 11 is 0. The summed E-state index contributed by atoms with van der Waals surface area (Å²) in [7, 11) is 0. The molecule has 8 nitrogen and oxygen atoms in total. The predicted octanol–water partition coefficient (Wildman–Crippen LogP) is 2.55. The number of aryl methyl sites for hydroxylation is 1. The smallest absolute Gasteiger partial charge is 0.336 e. The van der Waals surface area contributed by atoms with Crippen molar-refractivity contribution >= 4 is 22.7 Å². The Morgan fingerprint density at radius 1 is 0.857 bits per heavy atom. The van der Waals surface area contributed by atoms with Crippen LogP contribution in [0.15, 0.2) is 64.2 Å². The maximum Gasteiger partial charge on any atom is 0.336 e. The number of amides is 2. The van der Waals surface area contributed by atoms with E-state index in [0.717, 1.165) is 32.4 Å². The van der Waals surface area contributed by atoms with E-state index in [1.54, 1.807) is 58.0 Å². The molecule has 182 valence electrons. The fourth-order valence-electron chi connectivity index (χ4n) is 5.34. The molecule has 0 unspecified atom stereocenters. The molecule has 3 heterocycles. The first-order valence-corrected chi connectivity index (χ1v) is 12.4. The van der Waals surface area contributed by atoms with Crippen LogP contribution in [0.2, 0.25) is 0 Å². The molecule has 0 saturated carbocycles. The van der Waals surface area contributed by atoms with E-state index in [1.165, 1.54) is 4.57 Å². The van der Waals surface area contributed by atoms with Crippen molar-refractivity contribution < 1.29 is 9.59 Å². The third kappa shape index (κ3) is 4.40. The maximum atomic E-state index is 13.4. The third-order valence-electron chi connectivity index (χ3n) is 7.11. The lowest BCUT2D eigenvalue weighted by Gasteiger charge is -2.28.